The molecule has 1 atom stereocenters. The quantitative estimate of drug-likeness (QED) is 0.448. The van der Waals surface area contributed by atoms with Crippen molar-refractivity contribution in [3.05, 3.63) is 40.7 Å². The Morgan fingerprint density at radius 1 is 1.43 bits per heavy atom. The van der Waals surface area contributed by atoms with Crippen molar-refractivity contribution in [2.24, 2.45) is 5.92 Å². The minimum Gasteiger partial charge on any atom is -0.120 e. The van der Waals surface area contributed by atoms with E-state index >= 15 is 0 Å². The highest BCUT2D eigenvalue weighted by molar-refractivity contribution is 5.34. The van der Waals surface area contributed by atoms with Crippen LogP contribution in [0.15, 0.2) is 40.7 Å². The molecule has 14 heavy (non-hydrogen) atoms. The monoisotopic (exact) mass is 186 g/mol. The highest BCUT2D eigenvalue weighted by atomic mass is 14.3. The lowest BCUT2D eigenvalue weighted by Gasteiger charge is -2.06. The molecule has 2 aliphatic rings. The van der Waals surface area contributed by atoms with E-state index in [9.17, 15) is 0 Å². The molecule has 0 aromatic heterocycles. The van der Waals surface area contributed by atoms with Crippen molar-refractivity contribution < 1.29 is 0 Å². The van der Waals surface area contributed by atoms with Crippen LogP contribution >= 0.6 is 0 Å². The van der Waals surface area contributed by atoms with Gasteiger partial charge >= 0.3 is 0 Å². The number of rotatable bonds is 2. The molecule has 1 saturated carbocycles. The molecule has 0 radical (unpaired) electrons. The van der Waals surface area contributed by atoms with Crippen LogP contribution in [0.2, 0.25) is 0 Å². The first-order valence-electron chi connectivity index (χ1n) is 5.56. The third-order valence-electron chi connectivity index (χ3n) is 3.38. The van der Waals surface area contributed by atoms with Gasteiger partial charge in [-0.2, -0.15) is 0 Å². The maximum absolute atomic E-state index is 3.29. The molecule has 0 heterocycles. The second-order valence-corrected chi connectivity index (χ2v) is 4.43. The SMILES string of the molecule is CC=C(C)C=C=CC1=C2CCC(C1)C2. The lowest BCUT2D eigenvalue weighted by Crippen LogP contribution is -1.91. The van der Waals surface area contributed by atoms with Crippen LogP contribution in [0.25, 0.3) is 0 Å². The van der Waals surface area contributed by atoms with Crippen LogP contribution in [0.3, 0.4) is 0 Å². The van der Waals surface area contributed by atoms with E-state index in [1.165, 1.54) is 31.3 Å². The zero-order valence-corrected chi connectivity index (χ0v) is 9.14. The number of fused-ring (bicyclic) bond motifs is 2. The zero-order valence-electron chi connectivity index (χ0n) is 9.14. The Balaban J connectivity index is 2.09. The van der Waals surface area contributed by atoms with Gasteiger partial charge in [0.15, 0.2) is 0 Å². The molecule has 0 saturated heterocycles. The normalized spacial score (nSPS) is 25.3. The molecule has 1 unspecified atom stereocenters. The highest BCUT2D eigenvalue weighted by Crippen LogP contribution is 2.44. The summed E-state index contributed by atoms with van der Waals surface area (Å²) in [4.78, 5) is 0. The van der Waals surface area contributed by atoms with Crippen molar-refractivity contribution in [3.8, 4) is 0 Å². The second-order valence-electron chi connectivity index (χ2n) is 4.43. The van der Waals surface area contributed by atoms with Crippen molar-refractivity contribution >= 4 is 0 Å². The Labute approximate surface area is 86.7 Å². The Morgan fingerprint density at radius 2 is 2.29 bits per heavy atom. The van der Waals surface area contributed by atoms with Crippen molar-refractivity contribution in [1.82, 2.24) is 0 Å². The van der Waals surface area contributed by atoms with Crippen LogP contribution in [0.4, 0.5) is 0 Å². The molecule has 2 aliphatic carbocycles. The van der Waals surface area contributed by atoms with Crippen molar-refractivity contribution in [1.29, 1.82) is 0 Å². The van der Waals surface area contributed by atoms with Gasteiger partial charge in [0.25, 0.3) is 0 Å². The third-order valence-corrected chi connectivity index (χ3v) is 3.38. The fourth-order valence-electron chi connectivity index (χ4n) is 2.37. The molecule has 0 spiro atoms. The standard InChI is InChI=1S/C14H18/c1-3-11(2)5-4-6-13-9-12-7-8-14(13)10-12/h3,5-6,12H,7-10H2,1-2H3. The predicted octanol–water partition coefficient (Wildman–Crippen LogP) is 4.16. The predicted molar refractivity (Wildman–Crippen MR) is 61.1 cm³/mol. The van der Waals surface area contributed by atoms with Crippen LogP contribution in [0.1, 0.15) is 39.5 Å². The Morgan fingerprint density at radius 3 is 2.86 bits per heavy atom. The second kappa shape index (κ2) is 4.02. The molecule has 0 nitrogen and oxygen atoms in total. The van der Waals surface area contributed by atoms with Crippen LogP contribution in [0.5, 0.6) is 0 Å². The maximum Gasteiger partial charge on any atom is -0.0168 e. The van der Waals surface area contributed by atoms with Crippen LogP contribution < -0.4 is 0 Å². The first-order chi connectivity index (χ1) is 6.79. The smallest absolute Gasteiger partial charge is 0.0168 e. The molecule has 1 fully saturated rings. The Bertz CT molecular complexity index is 346. The van der Waals surface area contributed by atoms with Crippen molar-refractivity contribution in [2.75, 3.05) is 0 Å². The summed E-state index contributed by atoms with van der Waals surface area (Å²) in [6.45, 7) is 4.17. The summed E-state index contributed by atoms with van der Waals surface area (Å²) in [5, 5.41) is 0. The summed E-state index contributed by atoms with van der Waals surface area (Å²) in [7, 11) is 0. The van der Waals surface area contributed by atoms with Gasteiger partial charge in [0.1, 0.15) is 0 Å². The number of hydrogen-bond acceptors (Lipinski definition) is 0. The summed E-state index contributed by atoms with van der Waals surface area (Å²) in [6.07, 6.45) is 11.8. The summed E-state index contributed by atoms with van der Waals surface area (Å²) >= 11 is 0. The Hall–Kier alpha value is -1.00. The first kappa shape index (κ1) is 9.55. The summed E-state index contributed by atoms with van der Waals surface area (Å²) in [5.41, 5.74) is 7.85. The molecule has 0 N–H and O–H groups in total. The molecule has 0 aliphatic heterocycles. The fraction of sp³-hybridized carbons (Fsp3) is 0.500. The van der Waals surface area contributed by atoms with Crippen LogP contribution in [0, 0.1) is 5.92 Å². The van der Waals surface area contributed by atoms with Gasteiger partial charge in [0.05, 0.1) is 0 Å². The first-order valence-corrected chi connectivity index (χ1v) is 5.56. The van der Waals surface area contributed by atoms with E-state index in [4.69, 9.17) is 0 Å². The van der Waals surface area contributed by atoms with Crippen molar-refractivity contribution in [3.63, 3.8) is 0 Å². The molecule has 0 heteroatoms. The van der Waals surface area contributed by atoms with Gasteiger partial charge in [-0.05, 0) is 68.7 Å². The average Bonchev–Trinajstić information content (AvgIpc) is 2.79. The van der Waals surface area contributed by atoms with Gasteiger partial charge in [-0.3, -0.25) is 0 Å². The van der Waals surface area contributed by atoms with Gasteiger partial charge in [-0.1, -0.05) is 11.6 Å². The summed E-state index contributed by atoms with van der Waals surface area (Å²) in [6, 6.07) is 0. The minimum absolute atomic E-state index is 0.973. The number of allylic oxidation sites excluding steroid dienone is 5. The van der Waals surface area contributed by atoms with E-state index in [1.54, 1.807) is 11.1 Å². The molecule has 2 rings (SSSR count). The maximum atomic E-state index is 3.29. The molecule has 2 bridgehead atoms. The van der Waals surface area contributed by atoms with E-state index in [2.05, 4.69) is 37.8 Å². The van der Waals surface area contributed by atoms with E-state index < -0.39 is 0 Å². The summed E-state index contributed by atoms with van der Waals surface area (Å²) < 4.78 is 0. The average molecular weight is 186 g/mol. The topological polar surface area (TPSA) is 0 Å². The summed E-state index contributed by atoms with van der Waals surface area (Å²) in [5.74, 6) is 0.973. The molecule has 0 amide bonds. The van der Waals surface area contributed by atoms with Gasteiger partial charge < -0.3 is 0 Å². The van der Waals surface area contributed by atoms with E-state index in [0.717, 1.165) is 5.92 Å². The van der Waals surface area contributed by atoms with E-state index in [0.29, 0.717) is 0 Å². The van der Waals surface area contributed by atoms with Crippen molar-refractivity contribution in [2.45, 2.75) is 39.5 Å². The van der Waals surface area contributed by atoms with Gasteiger partial charge in [0, 0.05) is 0 Å². The molecular weight excluding hydrogens is 168 g/mol. The zero-order chi connectivity index (χ0) is 9.97. The van der Waals surface area contributed by atoms with Crippen LogP contribution in [-0.2, 0) is 0 Å². The minimum atomic E-state index is 0.973. The van der Waals surface area contributed by atoms with E-state index in [1.807, 2.05) is 0 Å². The van der Waals surface area contributed by atoms with Gasteiger partial charge in [-0.25, -0.2) is 0 Å². The largest absolute Gasteiger partial charge is 0.120 e. The molecular formula is C14H18. The van der Waals surface area contributed by atoms with Crippen LogP contribution in [-0.4, -0.2) is 0 Å². The highest BCUT2D eigenvalue weighted by Gasteiger charge is 2.28. The van der Waals surface area contributed by atoms with Gasteiger partial charge in [-0.15, -0.1) is 5.73 Å². The fourth-order valence-corrected chi connectivity index (χ4v) is 2.37. The lowest BCUT2D eigenvalue weighted by atomic mass is 9.99. The molecule has 0 aromatic rings. The lowest BCUT2D eigenvalue weighted by molar-refractivity contribution is 0.568. The van der Waals surface area contributed by atoms with Gasteiger partial charge in [0.2, 0.25) is 0 Å². The van der Waals surface area contributed by atoms with E-state index in [-0.39, 0.29) is 0 Å². The Kier molecular flexibility index (Phi) is 2.74. The number of hydrogen-bond donors (Lipinski definition) is 0. The molecule has 74 valence electrons. The molecule has 0 aromatic carbocycles. The third kappa shape index (κ3) is 1.91.